The number of carbonyl (C=O) groups is 1. The third-order valence-corrected chi connectivity index (χ3v) is 3.75. The molecule has 2 amide bonds. The van der Waals surface area contributed by atoms with Crippen molar-refractivity contribution in [2.45, 2.75) is 33.2 Å². The number of primary amides is 1. The van der Waals surface area contributed by atoms with Crippen molar-refractivity contribution in [2.24, 2.45) is 11.1 Å². The van der Waals surface area contributed by atoms with Crippen LogP contribution in [0.4, 0.5) is 10.5 Å². The highest BCUT2D eigenvalue weighted by molar-refractivity contribution is 5.87. The van der Waals surface area contributed by atoms with Crippen LogP contribution in [0.2, 0.25) is 0 Å². The Bertz CT molecular complexity index is 427. The summed E-state index contributed by atoms with van der Waals surface area (Å²) in [6, 6.07) is 7.16. The molecule has 0 heterocycles. The number of nitrogens with one attached hydrogen (secondary N) is 2. The highest BCUT2D eigenvalue weighted by Crippen LogP contribution is 2.21. The summed E-state index contributed by atoms with van der Waals surface area (Å²) in [5.41, 5.74) is 6.77. The van der Waals surface area contributed by atoms with E-state index in [1.165, 1.54) is 0 Å². The molecule has 2 unspecified atom stereocenters. The van der Waals surface area contributed by atoms with Gasteiger partial charge in [0.15, 0.2) is 0 Å². The maximum absolute atomic E-state index is 10.7. The van der Waals surface area contributed by atoms with Crippen LogP contribution >= 0.6 is 0 Å². The Balaban J connectivity index is 2.59. The lowest BCUT2D eigenvalue weighted by molar-refractivity contribution is 0.132. The molecule has 2 atom stereocenters. The minimum atomic E-state index is -0.564. The minimum absolute atomic E-state index is 0.0955. The van der Waals surface area contributed by atoms with Crippen LogP contribution in [0, 0.1) is 5.41 Å². The van der Waals surface area contributed by atoms with E-state index in [0.717, 1.165) is 18.5 Å². The van der Waals surface area contributed by atoms with E-state index in [2.05, 4.69) is 31.4 Å². The van der Waals surface area contributed by atoms with Gasteiger partial charge in [-0.1, -0.05) is 26.0 Å². The van der Waals surface area contributed by atoms with Crippen molar-refractivity contribution in [1.82, 2.24) is 5.32 Å². The van der Waals surface area contributed by atoms with Gasteiger partial charge in [-0.2, -0.15) is 0 Å². The summed E-state index contributed by atoms with van der Waals surface area (Å²) in [5.74, 6) is 0. The minimum Gasteiger partial charge on any atom is -0.396 e. The first kappa shape index (κ1) is 16.5. The fourth-order valence-corrected chi connectivity index (χ4v) is 1.81. The molecule has 112 valence electrons. The summed E-state index contributed by atoms with van der Waals surface area (Å²) in [5, 5.41) is 15.4. The fraction of sp³-hybridized carbons (Fsp3) is 0.533. The number of aliphatic hydroxyl groups excluding tert-OH is 1. The number of urea groups is 1. The molecule has 1 rings (SSSR count). The van der Waals surface area contributed by atoms with Crippen LogP contribution in [0.15, 0.2) is 24.3 Å². The summed E-state index contributed by atoms with van der Waals surface area (Å²) in [4.78, 5) is 10.7. The van der Waals surface area contributed by atoms with Crippen LogP contribution < -0.4 is 16.4 Å². The first-order valence-corrected chi connectivity index (χ1v) is 6.91. The molecule has 5 nitrogen and oxygen atoms in total. The lowest BCUT2D eigenvalue weighted by Crippen LogP contribution is -2.35. The Kier molecular flexibility index (Phi) is 5.98. The second-order valence-corrected chi connectivity index (χ2v) is 5.54. The van der Waals surface area contributed by atoms with Gasteiger partial charge in [0.2, 0.25) is 0 Å². The number of rotatable bonds is 7. The van der Waals surface area contributed by atoms with Crippen molar-refractivity contribution >= 4 is 11.7 Å². The van der Waals surface area contributed by atoms with Crippen molar-refractivity contribution in [3.05, 3.63) is 29.8 Å². The maximum Gasteiger partial charge on any atom is 0.316 e. The SMILES string of the molecule is CCC(C)(CO)CNC(C)c1ccc(NC(N)=O)cc1. The van der Waals surface area contributed by atoms with Gasteiger partial charge in [0.1, 0.15) is 0 Å². The summed E-state index contributed by atoms with van der Waals surface area (Å²) in [7, 11) is 0. The second-order valence-electron chi connectivity index (χ2n) is 5.54. The molecule has 0 saturated carbocycles. The van der Waals surface area contributed by atoms with Gasteiger partial charge in [0, 0.05) is 30.3 Å². The predicted molar refractivity (Wildman–Crippen MR) is 81.5 cm³/mol. The normalized spacial score (nSPS) is 15.4. The molecular formula is C15H25N3O2. The van der Waals surface area contributed by atoms with Gasteiger partial charge in [0.05, 0.1) is 0 Å². The van der Waals surface area contributed by atoms with Crippen LogP contribution in [0.25, 0.3) is 0 Å². The molecule has 5 heteroatoms. The Morgan fingerprint density at radius 1 is 1.40 bits per heavy atom. The number of carbonyl (C=O) groups excluding carboxylic acids is 1. The number of nitrogens with two attached hydrogens (primary N) is 1. The highest BCUT2D eigenvalue weighted by Gasteiger charge is 2.21. The number of anilines is 1. The van der Waals surface area contributed by atoms with Gasteiger partial charge in [0.25, 0.3) is 0 Å². The topological polar surface area (TPSA) is 87.4 Å². The molecule has 0 fully saturated rings. The van der Waals surface area contributed by atoms with Crippen LogP contribution in [0.5, 0.6) is 0 Å². The third-order valence-electron chi connectivity index (χ3n) is 3.75. The van der Waals surface area contributed by atoms with Gasteiger partial charge in [-0.3, -0.25) is 0 Å². The third kappa shape index (κ3) is 4.83. The maximum atomic E-state index is 10.7. The van der Waals surface area contributed by atoms with Gasteiger partial charge in [-0.25, -0.2) is 4.79 Å². The van der Waals surface area contributed by atoms with Crippen LogP contribution in [-0.4, -0.2) is 24.3 Å². The van der Waals surface area contributed by atoms with E-state index in [1.807, 2.05) is 24.3 Å². The number of amides is 2. The Morgan fingerprint density at radius 2 is 2.00 bits per heavy atom. The highest BCUT2D eigenvalue weighted by atomic mass is 16.3. The zero-order valence-electron chi connectivity index (χ0n) is 12.4. The van der Waals surface area contributed by atoms with E-state index in [4.69, 9.17) is 5.73 Å². The van der Waals surface area contributed by atoms with Crippen molar-refractivity contribution in [3.63, 3.8) is 0 Å². The van der Waals surface area contributed by atoms with Gasteiger partial charge in [-0.05, 0) is 31.0 Å². The molecule has 1 aromatic carbocycles. The van der Waals surface area contributed by atoms with Gasteiger partial charge in [-0.15, -0.1) is 0 Å². The first-order valence-electron chi connectivity index (χ1n) is 6.91. The molecular weight excluding hydrogens is 254 g/mol. The molecule has 0 spiro atoms. The summed E-state index contributed by atoms with van der Waals surface area (Å²) < 4.78 is 0. The zero-order chi connectivity index (χ0) is 15.2. The molecule has 5 N–H and O–H groups in total. The van der Waals surface area contributed by atoms with Crippen molar-refractivity contribution in [2.75, 3.05) is 18.5 Å². The number of hydrogen-bond acceptors (Lipinski definition) is 3. The smallest absolute Gasteiger partial charge is 0.316 e. The van der Waals surface area contributed by atoms with Gasteiger partial charge >= 0.3 is 6.03 Å². The standard InChI is InChI=1S/C15H25N3O2/c1-4-15(3,10-19)9-17-11(2)12-5-7-13(8-6-12)18-14(16)20/h5-8,11,17,19H,4,9-10H2,1-3H3,(H3,16,18,20). The van der Waals surface area contributed by atoms with Crippen molar-refractivity contribution < 1.29 is 9.90 Å². The lowest BCUT2D eigenvalue weighted by atomic mass is 9.88. The molecule has 0 aliphatic heterocycles. The van der Waals surface area contributed by atoms with E-state index >= 15 is 0 Å². The average Bonchev–Trinajstić information content (AvgIpc) is 2.44. The number of hydrogen-bond donors (Lipinski definition) is 4. The zero-order valence-corrected chi connectivity index (χ0v) is 12.4. The van der Waals surface area contributed by atoms with Crippen LogP contribution in [-0.2, 0) is 0 Å². The molecule has 0 saturated heterocycles. The predicted octanol–water partition coefficient (Wildman–Crippen LogP) is 2.24. The Labute approximate surface area is 120 Å². The van der Waals surface area contributed by atoms with Crippen molar-refractivity contribution in [1.29, 1.82) is 0 Å². The molecule has 0 aromatic heterocycles. The fourth-order valence-electron chi connectivity index (χ4n) is 1.81. The Morgan fingerprint density at radius 3 is 2.45 bits per heavy atom. The second kappa shape index (κ2) is 7.26. The Hall–Kier alpha value is -1.59. The molecule has 0 bridgehead atoms. The lowest BCUT2D eigenvalue weighted by Gasteiger charge is -2.28. The molecule has 0 radical (unpaired) electrons. The summed E-state index contributed by atoms with van der Waals surface area (Å²) in [6.45, 7) is 7.14. The van der Waals surface area contributed by atoms with E-state index in [0.29, 0.717) is 5.69 Å². The van der Waals surface area contributed by atoms with Crippen molar-refractivity contribution in [3.8, 4) is 0 Å². The van der Waals surface area contributed by atoms with Gasteiger partial charge < -0.3 is 21.5 Å². The monoisotopic (exact) mass is 279 g/mol. The van der Waals surface area contributed by atoms with E-state index in [9.17, 15) is 9.90 Å². The summed E-state index contributed by atoms with van der Waals surface area (Å²) in [6.07, 6.45) is 0.921. The molecule has 20 heavy (non-hydrogen) atoms. The molecule has 1 aromatic rings. The number of benzene rings is 1. The van der Waals surface area contributed by atoms with Crippen LogP contribution in [0.3, 0.4) is 0 Å². The average molecular weight is 279 g/mol. The van der Waals surface area contributed by atoms with Crippen LogP contribution in [0.1, 0.15) is 38.8 Å². The van der Waals surface area contributed by atoms with E-state index in [1.54, 1.807) is 0 Å². The summed E-state index contributed by atoms with van der Waals surface area (Å²) >= 11 is 0. The molecule has 0 aliphatic carbocycles. The van der Waals surface area contributed by atoms with E-state index < -0.39 is 6.03 Å². The van der Waals surface area contributed by atoms with E-state index in [-0.39, 0.29) is 18.1 Å². The first-order chi connectivity index (χ1) is 9.40. The molecule has 0 aliphatic rings. The number of aliphatic hydroxyl groups is 1. The quantitative estimate of drug-likeness (QED) is 0.617. The largest absolute Gasteiger partial charge is 0.396 e.